The second kappa shape index (κ2) is 23.1. The van der Waals surface area contributed by atoms with E-state index in [9.17, 15) is 9.46 Å². The third-order valence-corrected chi connectivity index (χ3v) is 6.97. The van der Waals surface area contributed by atoms with Crippen molar-refractivity contribution in [2.75, 3.05) is 60.7 Å². The van der Waals surface area contributed by atoms with E-state index >= 15 is 0 Å². The second-order valence-electron chi connectivity index (χ2n) is 10.8. The minimum absolute atomic E-state index is 0.00786. The lowest BCUT2D eigenvalue weighted by Crippen LogP contribution is -2.37. The van der Waals surface area contributed by atoms with Crippen LogP contribution < -0.4 is 0 Å². The van der Waals surface area contributed by atoms with E-state index in [-0.39, 0.29) is 19.3 Å². The van der Waals surface area contributed by atoms with E-state index in [1.54, 1.807) is 0 Å². The van der Waals surface area contributed by atoms with Gasteiger partial charge in [0.25, 0.3) is 0 Å². The molecule has 1 N–H and O–H groups in total. The molecule has 0 bridgehead atoms. The summed E-state index contributed by atoms with van der Waals surface area (Å²) in [6.45, 7) is 6.91. The van der Waals surface area contributed by atoms with Crippen molar-refractivity contribution in [1.82, 2.24) is 0 Å². The number of ether oxygens (including phenoxy) is 2. The fourth-order valence-electron chi connectivity index (χ4n) is 3.65. The smallest absolute Gasteiger partial charge is 0.379 e. The quantitative estimate of drug-likeness (QED) is 0.0701. The maximum absolute atomic E-state index is 12.3. The summed E-state index contributed by atoms with van der Waals surface area (Å²) in [6, 6.07) is 0. The van der Waals surface area contributed by atoms with E-state index in [0.29, 0.717) is 30.8 Å². The zero-order valence-corrected chi connectivity index (χ0v) is 24.7. The van der Waals surface area contributed by atoms with Crippen molar-refractivity contribution in [2.45, 2.75) is 116 Å². The molecule has 0 amide bonds. The molecule has 0 heterocycles. The number of phosphoric ester groups is 1. The van der Waals surface area contributed by atoms with Crippen LogP contribution in [0.5, 0.6) is 0 Å². The summed E-state index contributed by atoms with van der Waals surface area (Å²) in [7, 11) is 1.91. The third kappa shape index (κ3) is 26.9. The molecule has 0 aliphatic rings. The molecule has 0 aliphatic heterocycles. The van der Waals surface area contributed by atoms with Gasteiger partial charge in [-0.3, -0.25) is 9.05 Å². The van der Waals surface area contributed by atoms with E-state index in [2.05, 4.69) is 13.8 Å². The summed E-state index contributed by atoms with van der Waals surface area (Å²) < 4.78 is 35.1. The zero-order chi connectivity index (χ0) is 26.3. The van der Waals surface area contributed by atoms with Crippen LogP contribution >= 0.6 is 7.82 Å². The molecule has 0 spiro atoms. The Bertz CT molecular complexity index is 501. The average molecular weight is 525 g/mol. The summed E-state index contributed by atoms with van der Waals surface area (Å²) in [4.78, 5) is 10.0. The Balaban J connectivity index is 4.22. The molecule has 35 heavy (non-hydrogen) atoms. The predicted molar refractivity (Wildman–Crippen MR) is 146 cm³/mol. The molecule has 7 nitrogen and oxygen atoms in total. The number of hydrogen-bond donors (Lipinski definition) is 1. The Labute approximate surface area is 217 Å². The average Bonchev–Trinajstić information content (AvgIpc) is 2.78. The van der Waals surface area contributed by atoms with E-state index < -0.39 is 7.82 Å². The Kier molecular flexibility index (Phi) is 23.1. The van der Waals surface area contributed by atoms with Gasteiger partial charge in [-0.05, 0) is 12.8 Å². The number of rotatable bonds is 27. The predicted octanol–water partition coefficient (Wildman–Crippen LogP) is 7.12. The summed E-state index contributed by atoms with van der Waals surface area (Å²) in [5.74, 6) is 0. The van der Waals surface area contributed by atoms with Gasteiger partial charge in [-0.15, -0.1) is 0 Å². The van der Waals surface area contributed by atoms with Crippen LogP contribution in [0, 0.1) is 0 Å². The van der Waals surface area contributed by atoms with Gasteiger partial charge in [-0.25, -0.2) is 4.57 Å². The highest BCUT2D eigenvalue weighted by Crippen LogP contribution is 2.43. The molecule has 212 valence electrons. The first-order chi connectivity index (χ1) is 16.7. The lowest BCUT2D eigenvalue weighted by atomic mass is 10.1. The number of phosphoric acid groups is 1. The summed E-state index contributed by atoms with van der Waals surface area (Å²) in [5, 5.41) is 0. The van der Waals surface area contributed by atoms with Gasteiger partial charge < -0.3 is 18.9 Å². The number of quaternary nitrogens is 1. The molecular formula is C27H59NO6P+. The van der Waals surface area contributed by atoms with Gasteiger partial charge in [-0.2, -0.15) is 0 Å². The lowest BCUT2D eigenvalue weighted by molar-refractivity contribution is -0.870. The molecule has 0 radical (unpaired) electrons. The van der Waals surface area contributed by atoms with Crippen LogP contribution in [0.15, 0.2) is 0 Å². The Morgan fingerprint density at radius 3 is 1.66 bits per heavy atom. The summed E-state index contributed by atoms with van der Waals surface area (Å²) in [5.41, 5.74) is 0. The van der Waals surface area contributed by atoms with Gasteiger partial charge in [0.15, 0.2) is 0 Å². The van der Waals surface area contributed by atoms with Crippen LogP contribution in [0.4, 0.5) is 0 Å². The van der Waals surface area contributed by atoms with Gasteiger partial charge in [0.2, 0.25) is 0 Å². The Hall–Kier alpha value is -0.0100. The van der Waals surface area contributed by atoms with E-state index in [1.165, 1.54) is 77.0 Å². The van der Waals surface area contributed by atoms with Crippen molar-refractivity contribution in [3.63, 3.8) is 0 Å². The molecule has 0 aromatic rings. The second-order valence-corrected chi connectivity index (χ2v) is 12.2. The van der Waals surface area contributed by atoms with Crippen molar-refractivity contribution in [3.8, 4) is 0 Å². The third-order valence-electron chi connectivity index (χ3n) is 5.99. The molecule has 0 fully saturated rings. The first-order valence-electron chi connectivity index (χ1n) is 14.3. The van der Waals surface area contributed by atoms with Gasteiger partial charge in [0.05, 0.1) is 34.4 Å². The molecule has 2 unspecified atom stereocenters. The van der Waals surface area contributed by atoms with Crippen LogP contribution in [0.2, 0.25) is 0 Å². The SMILES string of the molecule is CCCCCCCCCCOCC(COP(=O)(O)OCC[N+](C)(C)C)OCCCCCCCCC. The van der Waals surface area contributed by atoms with Crippen LogP contribution in [0.1, 0.15) is 110 Å². The molecule has 8 heteroatoms. The monoisotopic (exact) mass is 524 g/mol. The van der Waals surface area contributed by atoms with Crippen molar-refractivity contribution in [2.24, 2.45) is 0 Å². The normalized spacial score (nSPS) is 14.8. The largest absolute Gasteiger partial charge is 0.472 e. The summed E-state index contributed by atoms with van der Waals surface area (Å²) >= 11 is 0. The topological polar surface area (TPSA) is 74.2 Å². The maximum atomic E-state index is 12.3. The van der Waals surface area contributed by atoms with E-state index in [4.69, 9.17) is 18.5 Å². The fourth-order valence-corrected chi connectivity index (χ4v) is 4.39. The van der Waals surface area contributed by atoms with Gasteiger partial charge >= 0.3 is 7.82 Å². The molecule has 0 saturated carbocycles. The number of unbranched alkanes of at least 4 members (excludes halogenated alkanes) is 13. The van der Waals surface area contributed by atoms with Crippen LogP contribution in [-0.2, 0) is 23.1 Å². The molecule has 0 aromatic heterocycles. The van der Waals surface area contributed by atoms with Crippen molar-refractivity contribution < 1.29 is 32.5 Å². The number of nitrogens with zero attached hydrogens (tertiary/aromatic N) is 1. The van der Waals surface area contributed by atoms with Crippen LogP contribution in [0.3, 0.4) is 0 Å². The lowest BCUT2D eigenvalue weighted by Gasteiger charge is -2.24. The van der Waals surface area contributed by atoms with Gasteiger partial charge in [0.1, 0.15) is 19.3 Å². The van der Waals surface area contributed by atoms with Crippen molar-refractivity contribution in [1.29, 1.82) is 0 Å². The number of hydrogen-bond acceptors (Lipinski definition) is 5. The molecular weight excluding hydrogens is 465 g/mol. The maximum Gasteiger partial charge on any atom is 0.472 e. The standard InChI is InChI=1S/C27H58NO6P/c1-6-8-10-12-14-16-17-19-22-31-25-27(32-23-20-18-15-13-11-9-7-2)26-34-35(29,30)33-24-21-28(3,4)5/h27H,6-26H2,1-5H3/p+1. The first kappa shape index (κ1) is 35.0. The minimum atomic E-state index is -4.10. The molecule has 0 aliphatic carbocycles. The zero-order valence-electron chi connectivity index (χ0n) is 23.8. The van der Waals surface area contributed by atoms with Gasteiger partial charge in [0, 0.05) is 13.2 Å². The first-order valence-corrected chi connectivity index (χ1v) is 15.8. The molecule has 0 saturated heterocycles. The summed E-state index contributed by atoms with van der Waals surface area (Å²) in [6.07, 6.45) is 18.2. The van der Waals surface area contributed by atoms with Gasteiger partial charge in [-0.1, -0.05) is 97.3 Å². The van der Waals surface area contributed by atoms with Crippen molar-refractivity contribution >= 4 is 7.82 Å². The molecule has 2 atom stereocenters. The Morgan fingerprint density at radius 1 is 0.657 bits per heavy atom. The highest BCUT2D eigenvalue weighted by Gasteiger charge is 2.25. The van der Waals surface area contributed by atoms with Crippen LogP contribution in [-0.4, -0.2) is 76.2 Å². The molecule has 0 aromatic carbocycles. The fraction of sp³-hybridized carbons (Fsp3) is 1.00. The van der Waals surface area contributed by atoms with Crippen LogP contribution in [0.25, 0.3) is 0 Å². The van der Waals surface area contributed by atoms with Crippen molar-refractivity contribution in [3.05, 3.63) is 0 Å². The minimum Gasteiger partial charge on any atom is -0.379 e. The highest BCUT2D eigenvalue weighted by atomic mass is 31.2. The molecule has 0 rings (SSSR count). The number of likely N-dealkylation sites (N-methyl/N-ethyl adjacent to an activating group) is 1. The van der Waals surface area contributed by atoms with E-state index in [1.807, 2.05) is 21.1 Å². The highest BCUT2D eigenvalue weighted by molar-refractivity contribution is 7.47. The Morgan fingerprint density at radius 2 is 1.14 bits per heavy atom. The van der Waals surface area contributed by atoms with E-state index in [0.717, 1.165) is 19.3 Å².